The first-order chi connectivity index (χ1) is 5.61. The molecule has 1 atom stereocenters. The van der Waals surface area contributed by atoms with Crippen molar-refractivity contribution in [1.29, 1.82) is 0 Å². The van der Waals surface area contributed by atoms with Crippen LogP contribution in [-0.4, -0.2) is 0 Å². The third-order valence-electron chi connectivity index (χ3n) is 2.26. The molecule has 1 unspecified atom stereocenters. The minimum absolute atomic E-state index is 0.791. The Hall–Kier alpha value is -0.520. The Morgan fingerprint density at radius 1 is 1.42 bits per heavy atom. The van der Waals surface area contributed by atoms with E-state index in [1.807, 2.05) is 0 Å². The van der Waals surface area contributed by atoms with E-state index in [1.54, 1.807) is 0 Å². The molecule has 0 radical (unpaired) electrons. The molecule has 0 N–H and O–H groups in total. The van der Waals surface area contributed by atoms with Gasteiger partial charge in [-0.3, -0.25) is 0 Å². The van der Waals surface area contributed by atoms with Crippen molar-refractivity contribution in [3.8, 4) is 0 Å². The van der Waals surface area contributed by atoms with Gasteiger partial charge >= 0.3 is 0 Å². The molecule has 0 fully saturated rings. The Morgan fingerprint density at radius 2 is 2.00 bits per heavy atom. The van der Waals surface area contributed by atoms with Gasteiger partial charge in [0.15, 0.2) is 0 Å². The highest BCUT2D eigenvalue weighted by Gasteiger charge is 2.03. The second kappa shape index (κ2) is 6.05. The maximum absolute atomic E-state index is 3.99. The van der Waals surface area contributed by atoms with Crippen molar-refractivity contribution in [3.63, 3.8) is 0 Å². The zero-order chi connectivity index (χ0) is 9.56. The fourth-order valence-corrected chi connectivity index (χ4v) is 1.20. The van der Waals surface area contributed by atoms with Crippen LogP contribution in [0.15, 0.2) is 23.8 Å². The van der Waals surface area contributed by atoms with Gasteiger partial charge in [0.2, 0.25) is 0 Å². The van der Waals surface area contributed by atoms with Crippen molar-refractivity contribution in [2.24, 2.45) is 5.92 Å². The van der Waals surface area contributed by atoms with E-state index in [-0.39, 0.29) is 0 Å². The molecule has 0 aliphatic carbocycles. The number of hydrogen-bond acceptors (Lipinski definition) is 0. The molecule has 0 rings (SSSR count). The first-order valence-corrected chi connectivity index (χ1v) is 4.96. The first kappa shape index (κ1) is 11.5. The average Bonchev–Trinajstić information content (AvgIpc) is 2.03. The molecule has 0 saturated heterocycles. The normalized spacial score (nSPS) is 14.5. The highest BCUT2D eigenvalue weighted by molar-refractivity contribution is 5.26. The number of rotatable bonds is 5. The average molecular weight is 166 g/mol. The van der Waals surface area contributed by atoms with Crippen LogP contribution >= 0.6 is 0 Å². The fraction of sp³-hybridized carbons (Fsp3) is 0.667. The summed E-state index contributed by atoms with van der Waals surface area (Å²) in [6.45, 7) is 12.8. The molecule has 0 spiro atoms. The standard InChI is InChI=1S/C12H22/c1-6-8-12(10(3)4)9-11(5)7-2/h8,11H,3,6-7,9H2,1-2,4-5H3. The summed E-state index contributed by atoms with van der Waals surface area (Å²) in [5, 5.41) is 0. The van der Waals surface area contributed by atoms with Crippen LogP contribution in [0.5, 0.6) is 0 Å². The SMILES string of the molecule is C=C(C)C(=CCC)CC(C)CC. The van der Waals surface area contributed by atoms with Crippen LogP contribution in [0.3, 0.4) is 0 Å². The zero-order valence-corrected chi connectivity index (χ0v) is 8.98. The van der Waals surface area contributed by atoms with Crippen molar-refractivity contribution in [1.82, 2.24) is 0 Å². The quantitative estimate of drug-likeness (QED) is 0.533. The van der Waals surface area contributed by atoms with Gasteiger partial charge in [0, 0.05) is 0 Å². The van der Waals surface area contributed by atoms with Gasteiger partial charge in [-0.15, -0.1) is 0 Å². The molecule has 0 aromatic rings. The number of allylic oxidation sites excluding steroid dienone is 3. The summed E-state index contributed by atoms with van der Waals surface area (Å²) in [7, 11) is 0. The molecule has 0 nitrogen and oxygen atoms in total. The Bertz CT molecular complexity index is 163. The lowest BCUT2D eigenvalue weighted by atomic mass is 9.94. The molecule has 0 aliphatic rings. The van der Waals surface area contributed by atoms with E-state index >= 15 is 0 Å². The van der Waals surface area contributed by atoms with Crippen LogP contribution in [0.4, 0.5) is 0 Å². The van der Waals surface area contributed by atoms with E-state index in [1.165, 1.54) is 24.0 Å². The van der Waals surface area contributed by atoms with Gasteiger partial charge in [-0.1, -0.05) is 45.4 Å². The molecular weight excluding hydrogens is 144 g/mol. The topological polar surface area (TPSA) is 0 Å². The van der Waals surface area contributed by atoms with Gasteiger partial charge in [0.05, 0.1) is 0 Å². The summed E-state index contributed by atoms with van der Waals surface area (Å²) in [5.41, 5.74) is 2.68. The smallest absolute Gasteiger partial charge is 0.0254 e. The summed E-state index contributed by atoms with van der Waals surface area (Å²) < 4.78 is 0. The van der Waals surface area contributed by atoms with E-state index in [0.717, 1.165) is 12.3 Å². The van der Waals surface area contributed by atoms with Gasteiger partial charge in [-0.05, 0) is 31.3 Å². The highest BCUT2D eigenvalue weighted by atomic mass is 14.1. The lowest BCUT2D eigenvalue weighted by Gasteiger charge is -2.11. The Morgan fingerprint density at radius 3 is 2.33 bits per heavy atom. The summed E-state index contributed by atoms with van der Waals surface area (Å²) in [5.74, 6) is 0.791. The molecule has 0 heterocycles. The van der Waals surface area contributed by atoms with E-state index in [4.69, 9.17) is 0 Å². The van der Waals surface area contributed by atoms with Crippen LogP contribution in [0.2, 0.25) is 0 Å². The fourth-order valence-electron chi connectivity index (χ4n) is 1.20. The maximum Gasteiger partial charge on any atom is -0.0254 e. The second-order valence-corrected chi connectivity index (χ2v) is 3.64. The Kier molecular flexibility index (Phi) is 5.79. The molecule has 0 aromatic heterocycles. The van der Waals surface area contributed by atoms with E-state index in [0.29, 0.717) is 0 Å². The minimum atomic E-state index is 0.791. The molecule has 0 saturated carbocycles. The molecule has 0 heteroatoms. The van der Waals surface area contributed by atoms with Crippen molar-refractivity contribution < 1.29 is 0 Å². The number of hydrogen-bond donors (Lipinski definition) is 0. The molecule has 0 aromatic carbocycles. The summed E-state index contributed by atoms with van der Waals surface area (Å²) in [4.78, 5) is 0. The molecule has 0 aliphatic heterocycles. The van der Waals surface area contributed by atoms with Crippen molar-refractivity contribution in [2.75, 3.05) is 0 Å². The molecule has 0 amide bonds. The van der Waals surface area contributed by atoms with Crippen molar-refractivity contribution in [3.05, 3.63) is 23.8 Å². The van der Waals surface area contributed by atoms with Gasteiger partial charge in [0.1, 0.15) is 0 Å². The summed E-state index contributed by atoms with van der Waals surface area (Å²) in [6, 6.07) is 0. The van der Waals surface area contributed by atoms with E-state index in [9.17, 15) is 0 Å². The Balaban J connectivity index is 4.14. The third kappa shape index (κ3) is 4.38. The zero-order valence-electron chi connectivity index (χ0n) is 8.98. The Labute approximate surface area is 77.4 Å². The summed E-state index contributed by atoms with van der Waals surface area (Å²) >= 11 is 0. The largest absolute Gasteiger partial charge is 0.0958 e. The van der Waals surface area contributed by atoms with Gasteiger partial charge in [-0.25, -0.2) is 0 Å². The molecule has 70 valence electrons. The van der Waals surface area contributed by atoms with Crippen LogP contribution in [0.25, 0.3) is 0 Å². The first-order valence-electron chi connectivity index (χ1n) is 4.96. The lowest BCUT2D eigenvalue weighted by Crippen LogP contribution is -1.95. The third-order valence-corrected chi connectivity index (χ3v) is 2.26. The van der Waals surface area contributed by atoms with Gasteiger partial charge in [-0.2, -0.15) is 0 Å². The second-order valence-electron chi connectivity index (χ2n) is 3.64. The lowest BCUT2D eigenvalue weighted by molar-refractivity contribution is 0.559. The summed E-state index contributed by atoms with van der Waals surface area (Å²) in [6.07, 6.45) is 5.88. The monoisotopic (exact) mass is 166 g/mol. The van der Waals surface area contributed by atoms with Crippen LogP contribution in [0.1, 0.15) is 47.0 Å². The van der Waals surface area contributed by atoms with Gasteiger partial charge in [0.25, 0.3) is 0 Å². The van der Waals surface area contributed by atoms with Crippen LogP contribution in [0, 0.1) is 5.92 Å². The van der Waals surface area contributed by atoms with Crippen LogP contribution < -0.4 is 0 Å². The molecular formula is C12H22. The van der Waals surface area contributed by atoms with Crippen LogP contribution in [-0.2, 0) is 0 Å². The van der Waals surface area contributed by atoms with Gasteiger partial charge < -0.3 is 0 Å². The van der Waals surface area contributed by atoms with E-state index in [2.05, 4.69) is 40.3 Å². The molecule has 0 bridgehead atoms. The highest BCUT2D eigenvalue weighted by Crippen LogP contribution is 2.20. The molecule has 12 heavy (non-hydrogen) atoms. The predicted molar refractivity (Wildman–Crippen MR) is 57.3 cm³/mol. The maximum atomic E-state index is 3.99. The van der Waals surface area contributed by atoms with E-state index < -0.39 is 0 Å². The van der Waals surface area contributed by atoms with Crippen molar-refractivity contribution in [2.45, 2.75) is 47.0 Å². The van der Waals surface area contributed by atoms with Crippen molar-refractivity contribution >= 4 is 0 Å². The predicted octanol–water partition coefficient (Wildman–Crippen LogP) is 4.34. The minimum Gasteiger partial charge on any atom is -0.0958 e.